The molecule has 0 fully saturated rings. The SMILES string of the molecule is [C-]#[N+]c1ccc(-c2nc(-c3ccc(-n4c5ccccc5c5cc6sc7ccccc7c6cc54)cc3)nc3ccccc23)cc1.[C-]#[N+]c1ccc(-c2nc(-c3cccc(C4c5ccccc5-c5cc6sc7ccccc7c6cc54)c3)nc3ccccc23)cc1.[C-]#[N+]c1cccc(-c2nc(-c3ccc(-n4c5ccccc5c5cc6oc7ccccc7c6cc54)cc3)nc3ccccc23)c1. The van der Waals surface area contributed by atoms with E-state index in [4.69, 9.17) is 54.0 Å². The lowest BCUT2D eigenvalue weighted by Gasteiger charge is -2.16. The van der Waals surface area contributed by atoms with Gasteiger partial charge < -0.3 is 13.6 Å². The minimum Gasteiger partial charge on any atom is -0.456 e. The first-order valence-electron chi connectivity index (χ1n) is 43.5. The maximum Gasteiger partial charge on any atom is 0.187 e. The third kappa shape index (κ3) is 13.0. The topological polar surface area (TPSA) is 113 Å². The smallest absolute Gasteiger partial charge is 0.187 e. The van der Waals surface area contributed by atoms with Crippen molar-refractivity contribution in [2.75, 3.05) is 0 Å². The Balaban J connectivity index is 0.000000106. The van der Waals surface area contributed by atoms with Gasteiger partial charge in [-0.25, -0.2) is 44.4 Å². The summed E-state index contributed by atoms with van der Waals surface area (Å²) in [5.41, 5.74) is 27.8. The second kappa shape index (κ2) is 31.4. The van der Waals surface area contributed by atoms with Gasteiger partial charge in [0.05, 0.1) is 75.4 Å². The molecular formula is C118H67N11OS2. The number of furan rings is 1. The molecule has 1 unspecified atom stereocenters. The fourth-order valence-corrected chi connectivity index (χ4v) is 21.7. The van der Waals surface area contributed by atoms with Crippen LogP contribution < -0.4 is 0 Å². The maximum absolute atomic E-state index is 7.48. The molecule has 26 aromatic rings. The van der Waals surface area contributed by atoms with Crippen molar-refractivity contribution in [2.24, 2.45) is 0 Å². The van der Waals surface area contributed by atoms with Crippen LogP contribution in [0.1, 0.15) is 22.6 Å². The van der Waals surface area contributed by atoms with E-state index in [1.807, 2.05) is 168 Å². The fraction of sp³-hybridized carbons (Fsp3) is 0.00847. The zero-order valence-electron chi connectivity index (χ0n) is 70.3. The summed E-state index contributed by atoms with van der Waals surface area (Å²) in [6, 6.07) is 138. The molecule has 8 aromatic heterocycles. The highest BCUT2D eigenvalue weighted by Gasteiger charge is 2.32. The minimum absolute atomic E-state index is 0.116. The molecule has 1 aliphatic rings. The Hall–Kier alpha value is -17.7. The molecule has 1 aliphatic carbocycles. The van der Waals surface area contributed by atoms with Gasteiger partial charge in [-0.05, 0) is 190 Å². The summed E-state index contributed by atoms with van der Waals surface area (Å²) in [5, 5.41) is 15.2. The molecule has 1 atom stereocenters. The van der Waals surface area contributed by atoms with E-state index in [9.17, 15) is 0 Å². The predicted octanol–water partition coefficient (Wildman–Crippen LogP) is 32.5. The Bertz CT molecular complexity index is 9410. The molecule has 612 valence electrons. The Morgan fingerprint density at radius 2 is 0.674 bits per heavy atom. The molecule has 0 N–H and O–H groups in total. The van der Waals surface area contributed by atoms with Crippen molar-refractivity contribution in [2.45, 2.75) is 5.92 Å². The summed E-state index contributed by atoms with van der Waals surface area (Å²) in [6.07, 6.45) is 0. The van der Waals surface area contributed by atoms with E-state index in [0.29, 0.717) is 34.5 Å². The third-order valence-corrected chi connectivity index (χ3v) is 27.9. The van der Waals surface area contributed by atoms with Gasteiger partial charge >= 0.3 is 0 Å². The van der Waals surface area contributed by atoms with E-state index >= 15 is 0 Å². The van der Waals surface area contributed by atoms with Crippen LogP contribution in [0.15, 0.2) is 405 Å². The number of fused-ring (bicyclic) bond motifs is 21. The van der Waals surface area contributed by atoms with Gasteiger partial charge in [0.15, 0.2) is 34.5 Å². The van der Waals surface area contributed by atoms with Crippen molar-refractivity contribution in [1.82, 2.24) is 39.0 Å². The average Bonchev–Trinajstić information content (AvgIpc) is 1.58. The number of rotatable bonds is 9. The molecule has 132 heavy (non-hydrogen) atoms. The molecule has 0 bridgehead atoms. The molecule has 0 radical (unpaired) electrons. The largest absolute Gasteiger partial charge is 0.456 e. The summed E-state index contributed by atoms with van der Waals surface area (Å²) in [6.45, 7) is 22.1. The van der Waals surface area contributed by atoms with Crippen LogP contribution in [0.5, 0.6) is 0 Å². The highest BCUT2D eigenvalue weighted by Crippen LogP contribution is 2.53. The Morgan fingerprint density at radius 1 is 0.242 bits per heavy atom. The monoisotopic (exact) mass is 1720 g/mol. The zero-order chi connectivity index (χ0) is 87.6. The highest BCUT2D eigenvalue weighted by atomic mass is 32.1. The molecule has 12 nitrogen and oxygen atoms in total. The van der Waals surface area contributed by atoms with E-state index in [1.54, 1.807) is 0 Å². The van der Waals surface area contributed by atoms with Crippen molar-refractivity contribution in [3.05, 3.63) is 451 Å². The standard InChI is InChI=1S/C40H23N3S.C39H22N4O.C39H22N4S/c1-41-27-19-17-24(18-20-27)39-31-14-4-6-15-35(31)42-40(43-39)26-10-8-9-25(21-26)38-30-13-3-2-11-28(30)32-23-37-33(22-34(32)38)29-12-5-7-16-36(29)44-37;1-40-26-10-8-9-25(21-26)38-30-13-2-5-14-33(30)41-39(42-38)24-17-19-27(20-18-24)43-34-15-6-3-11-28(34)31-23-37-32(22-35(31)43)29-12-4-7-16-36(29)44-37;1-40-26-18-14-24(15-19-26)38-30-10-2-5-11-33(30)41-39(42-38)25-16-20-27(21-17-25)43-34-12-6-3-8-28(34)31-23-37-32(22-35(31)43)29-9-4-7-13-36(29)44-37/h2-23,38H;2*2-23H. The lowest BCUT2D eigenvalue weighted by atomic mass is 9.88. The van der Waals surface area contributed by atoms with Gasteiger partial charge in [0.25, 0.3) is 0 Å². The van der Waals surface area contributed by atoms with E-state index in [-0.39, 0.29) is 5.92 Å². The molecule has 18 aromatic carbocycles. The van der Waals surface area contributed by atoms with Gasteiger partial charge in [-0.1, -0.05) is 255 Å². The molecule has 0 aliphatic heterocycles. The highest BCUT2D eigenvalue weighted by molar-refractivity contribution is 7.26. The number of nitrogens with zero attached hydrogens (tertiary/aromatic N) is 11. The number of para-hydroxylation sites is 6. The average molecular weight is 1720 g/mol. The van der Waals surface area contributed by atoms with Crippen molar-refractivity contribution in [3.8, 4) is 90.4 Å². The Labute approximate surface area is 763 Å². The van der Waals surface area contributed by atoms with E-state index < -0.39 is 0 Å². The molecule has 0 saturated carbocycles. The molecule has 8 heterocycles. The van der Waals surface area contributed by atoms with E-state index in [2.05, 4.69) is 278 Å². The lowest BCUT2D eigenvalue weighted by molar-refractivity contribution is 0.669. The summed E-state index contributed by atoms with van der Waals surface area (Å²) in [7, 11) is 0. The van der Waals surface area contributed by atoms with Gasteiger partial charge in [-0.2, -0.15) is 0 Å². The number of hydrogen-bond donors (Lipinski definition) is 0. The zero-order valence-corrected chi connectivity index (χ0v) is 72.0. The second-order valence-electron chi connectivity index (χ2n) is 33.1. The Morgan fingerprint density at radius 3 is 1.23 bits per heavy atom. The van der Waals surface area contributed by atoms with Gasteiger partial charge in [-0.3, -0.25) is 0 Å². The number of thiophene rings is 2. The number of hydrogen-bond acceptors (Lipinski definition) is 9. The van der Waals surface area contributed by atoms with Crippen LogP contribution in [0.3, 0.4) is 0 Å². The van der Waals surface area contributed by atoms with Crippen LogP contribution >= 0.6 is 22.7 Å². The fourth-order valence-electron chi connectivity index (χ4n) is 19.5. The second-order valence-corrected chi connectivity index (χ2v) is 35.3. The Kier molecular flexibility index (Phi) is 18.2. The van der Waals surface area contributed by atoms with Crippen molar-refractivity contribution < 1.29 is 4.42 Å². The first-order valence-corrected chi connectivity index (χ1v) is 45.2. The van der Waals surface area contributed by atoms with Gasteiger partial charge in [-0.15, -0.1) is 22.7 Å². The quantitative estimate of drug-likeness (QED) is 0.132. The number of benzene rings is 18. The molecular weight excluding hydrogens is 1650 g/mol. The first kappa shape index (κ1) is 76.7. The lowest BCUT2D eigenvalue weighted by Crippen LogP contribution is -2.01. The normalized spacial score (nSPS) is 12.3. The van der Waals surface area contributed by atoms with Gasteiger partial charge in [0.1, 0.15) is 11.2 Å². The third-order valence-electron chi connectivity index (χ3n) is 25.6. The summed E-state index contributed by atoms with van der Waals surface area (Å²) < 4.78 is 16.2. The van der Waals surface area contributed by atoms with Gasteiger partial charge in [0.2, 0.25) is 0 Å². The van der Waals surface area contributed by atoms with Crippen LogP contribution in [0, 0.1) is 19.7 Å². The molecule has 27 rings (SSSR count). The predicted molar refractivity (Wildman–Crippen MR) is 545 cm³/mol. The van der Waals surface area contributed by atoms with Gasteiger partial charge in [0, 0.05) is 123 Å². The minimum atomic E-state index is 0.116. The molecule has 0 saturated heterocycles. The van der Waals surface area contributed by atoms with E-state index in [0.717, 1.165) is 133 Å². The van der Waals surface area contributed by atoms with Crippen LogP contribution in [-0.4, -0.2) is 39.0 Å². The van der Waals surface area contributed by atoms with Crippen molar-refractivity contribution >= 4 is 178 Å². The van der Waals surface area contributed by atoms with Crippen LogP contribution in [0.25, 0.3) is 244 Å². The summed E-state index contributed by atoms with van der Waals surface area (Å²) in [5.74, 6) is 2.13. The summed E-state index contributed by atoms with van der Waals surface area (Å²) >= 11 is 3.73. The van der Waals surface area contributed by atoms with Crippen LogP contribution in [0.4, 0.5) is 17.1 Å². The molecule has 0 amide bonds. The summed E-state index contributed by atoms with van der Waals surface area (Å²) in [4.78, 5) is 40.9. The first-order chi connectivity index (χ1) is 65.2. The van der Waals surface area contributed by atoms with Crippen LogP contribution in [0.2, 0.25) is 0 Å². The molecule has 0 spiro atoms. The van der Waals surface area contributed by atoms with Crippen molar-refractivity contribution in [1.29, 1.82) is 0 Å². The maximum atomic E-state index is 7.48. The van der Waals surface area contributed by atoms with E-state index in [1.165, 1.54) is 95.4 Å². The molecule has 14 heteroatoms. The number of aromatic nitrogens is 8. The van der Waals surface area contributed by atoms with Crippen molar-refractivity contribution in [3.63, 3.8) is 0 Å². The van der Waals surface area contributed by atoms with Crippen LogP contribution in [-0.2, 0) is 0 Å².